The molecule has 4 rings (SSSR count). The maximum absolute atomic E-state index is 13.6. The maximum Gasteiger partial charge on any atom is 0.282 e. The van der Waals surface area contributed by atoms with Gasteiger partial charge in [0.1, 0.15) is 11.5 Å². The number of aromatic nitrogens is 2. The lowest BCUT2D eigenvalue weighted by molar-refractivity contribution is 0.216. The van der Waals surface area contributed by atoms with Crippen LogP contribution in [0.3, 0.4) is 0 Å². The number of hydrogen-bond donors (Lipinski definition) is 0. The van der Waals surface area contributed by atoms with Crippen LogP contribution in [0.4, 0.5) is 0 Å². The predicted octanol–water partition coefficient (Wildman–Crippen LogP) is 7.17. The minimum atomic E-state index is -0.218. The van der Waals surface area contributed by atoms with Crippen molar-refractivity contribution in [2.45, 2.75) is 53.1 Å². The van der Waals surface area contributed by atoms with Crippen molar-refractivity contribution in [3.05, 3.63) is 85.2 Å². The molecule has 0 amide bonds. The third kappa shape index (κ3) is 5.71. The molecule has 0 radical (unpaired) electrons. The first-order valence-electron chi connectivity index (χ1n) is 12.4. The minimum Gasteiger partial charge on any atom is -0.496 e. The summed E-state index contributed by atoms with van der Waals surface area (Å²) in [5, 5.41) is 5.17. The van der Waals surface area contributed by atoms with Gasteiger partial charge < -0.3 is 9.47 Å². The summed E-state index contributed by atoms with van der Waals surface area (Å²) in [6.07, 6.45) is 2.77. The van der Waals surface area contributed by atoms with Gasteiger partial charge in [-0.1, -0.05) is 32.9 Å². The lowest BCUT2D eigenvalue weighted by Gasteiger charge is -2.17. The fourth-order valence-electron chi connectivity index (χ4n) is 4.09. The number of ether oxygens (including phenoxy) is 2. The summed E-state index contributed by atoms with van der Waals surface area (Å²) >= 11 is 2.27. The number of aryl methyl sites for hydroxylation is 1. The summed E-state index contributed by atoms with van der Waals surface area (Å²) in [5.74, 6) is 2.39. The average Bonchev–Trinajstić information content (AvgIpc) is 2.89. The number of para-hydroxylation sites is 1. The molecule has 0 bridgehead atoms. The first-order chi connectivity index (χ1) is 17.7. The molecule has 0 aliphatic rings. The summed E-state index contributed by atoms with van der Waals surface area (Å²) < 4.78 is 14.0. The van der Waals surface area contributed by atoms with Gasteiger partial charge in [-0.15, -0.1) is 0 Å². The van der Waals surface area contributed by atoms with E-state index in [1.807, 2.05) is 49.4 Å². The van der Waals surface area contributed by atoms with E-state index < -0.39 is 0 Å². The lowest BCUT2D eigenvalue weighted by Crippen LogP contribution is -2.20. The molecule has 1 aromatic heterocycles. The standard InChI is InChI=1S/C30H32IN3O3/c1-7-20(5)37-27-13-12-21(15-25(27)31)17-32-34-29(33-26-11-9-8-10-22(26)30(34)35)24-16-23(18(2)3)28(36-6)14-19(24)4/h8-18,20H,7H2,1-6H3/t20-/m1/s1. The number of benzene rings is 3. The van der Waals surface area contributed by atoms with Crippen LogP contribution < -0.4 is 15.0 Å². The molecule has 0 saturated heterocycles. The number of methoxy groups -OCH3 is 1. The second-order valence-corrected chi connectivity index (χ2v) is 10.6. The normalized spacial score (nSPS) is 12.4. The highest BCUT2D eigenvalue weighted by Crippen LogP contribution is 2.34. The molecule has 37 heavy (non-hydrogen) atoms. The summed E-state index contributed by atoms with van der Waals surface area (Å²) in [6, 6.07) is 17.3. The van der Waals surface area contributed by atoms with Crippen LogP contribution in [0.1, 0.15) is 56.7 Å². The Morgan fingerprint density at radius 3 is 2.51 bits per heavy atom. The van der Waals surface area contributed by atoms with Crippen LogP contribution in [0, 0.1) is 10.5 Å². The molecule has 192 valence electrons. The Morgan fingerprint density at radius 2 is 1.84 bits per heavy atom. The number of rotatable bonds is 8. The number of fused-ring (bicyclic) bond motifs is 1. The molecule has 0 unspecified atom stereocenters. The van der Waals surface area contributed by atoms with E-state index in [0.29, 0.717) is 16.7 Å². The third-order valence-corrected chi connectivity index (χ3v) is 7.22. The maximum atomic E-state index is 13.6. The van der Waals surface area contributed by atoms with E-state index in [4.69, 9.17) is 14.5 Å². The minimum absolute atomic E-state index is 0.140. The van der Waals surface area contributed by atoms with E-state index in [1.165, 1.54) is 4.68 Å². The Morgan fingerprint density at radius 1 is 1.08 bits per heavy atom. The molecule has 1 atom stereocenters. The van der Waals surface area contributed by atoms with Gasteiger partial charge in [0.25, 0.3) is 5.56 Å². The third-order valence-electron chi connectivity index (χ3n) is 6.37. The first-order valence-corrected chi connectivity index (χ1v) is 13.5. The molecule has 7 heteroatoms. The van der Waals surface area contributed by atoms with Crippen molar-refractivity contribution in [3.63, 3.8) is 0 Å². The van der Waals surface area contributed by atoms with Crippen molar-refractivity contribution in [1.29, 1.82) is 0 Å². The zero-order valence-corrected chi connectivity index (χ0v) is 24.2. The van der Waals surface area contributed by atoms with Crippen LogP contribution in [0.15, 0.2) is 64.5 Å². The Bertz CT molecular complexity index is 1530. The molecule has 0 fully saturated rings. The molecule has 0 aliphatic carbocycles. The Balaban J connectivity index is 1.87. The number of hydrogen-bond acceptors (Lipinski definition) is 5. The van der Waals surface area contributed by atoms with Crippen LogP contribution in [0.2, 0.25) is 0 Å². The van der Waals surface area contributed by atoms with Gasteiger partial charge in [0, 0.05) is 5.56 Å². The molecule has 4 aromatic rings. The summed E-state index contributed by atoms with van der Waals surface area (Å²) in [4.78, 5) is 18.5. The van der Waals surface area contributed by atoms with Crippen molar-refractivity contribution in [2.75, 3.05) is 7.11 Å². The van der Waals surface area contributed by atoms with Gasteiger partial charge in [-0.05, 0) is 108 Å². The molecule has 0 aliphatic heterocycles. The van der Waals surface area contributed by atoms with Gasteiger partial charge in [0.15, 0.2) is 5.82 Å². The van der Waals surface area contributed by atoms with Crippen molar-refractivity contribution in [3.8, 4) is 22.9 Å². The van der Waals surface area contributed by atoms with Crippen molar-refractivity contribution >= 4 is 39.7 Å². The van der Waals surface area contributed by atoms with Gasteiger partial charge in [0.2, 0.25) is 0 Å². The highest BCUT2D eigenvalue weighted by atomic mass is 127. The molecule has 0 saturated carbocycles. The van der Waals surface area contributed by atoms with Crippen LogP contribution in [0.25, 0.3) is 22.3 Å². The fraction of sp³-hybridized carbons (Fsp3) is 0.300. The zero-order chi connectivity index (χ0) is 26.7. The van der Waals surface area contributed by atoms with E-state index in [1.54, 1.807) is 19.4 Å². The van der Waals surface area contributed by atoms with E-state index in [0.717, 1.165) is 43.7 Å². The second kappa shape index (κ2) is 11.5. The summed E-state index contributed by atoms with van der Waals surface area (Å²) in [6.45, 7) is 10.4. The molecule has 6 nitrogen and oxygen atoms in total. The molecule has 0 N–H and O–H groups in total. The van der Waals surface area contributed by atoms with Crippen molar-refractivity contribution in [2.24, 2.45) is 5.10 Å². The van der Waals surface area contributed by atoms with Gasteiger partial charge in [-0.25, -0.2) is 4.98 Å². The van der Waals surface area contributed by atoms with E-state index in [-0.39, 0.29) is 17.6 Å². The van der Waals surface area contributed by atoms with Gasteiger partial charge in [-0.3, -0.25) is 4.79 Å². The smallest absolute Gasteiger partial charge is 0.282 e. The average molecular weight is 610 g/mol. The number of nitrogens with zero attached hydrogens (tertiary/aromatic N) is 3. The number of halogens is 1. The molecule has 1 heterocycles. The second-order valence-electron chi connectivity index (χ2n) is 9.40. The van der Waals surface area contributed by atoms with Gasteiger partial charge >= 0.3 is 0 Å². The summed E-state index contributed by atoms with van der Waals surface area (Å²) in [5.41, 5.74) is 4.12. The summed E-state index contributed by atoms with van der Waals surface area (Å²) in [7, 11) is 1.68. The molecule has 3 aromatic carbocycles. The lowest BCUT2D eigenvalue weighted by atomic mass is 9.96. The quantitative estimate of drug-likeness (QED) is 0.157. The van der Waals surface area contributed by atoms with Crippen LogP contribution >= 0.6 is 22.6 Å². The Hall–Kier alpha value is -3.20. The fourth-order valence-corrected chi connectivity index (χ4v) is 4.76. The predicted molar refractivity (Wildman–Crippen MR) is 159 cm³/mol. The van der Waals surface area contributed by atoms with Crippen LogP contribution in [-0.4, -0.2) is 29.1 Å². The van der Waals surface area contributed by atoms with Crippen molar-refractivity contribution < 1.29 is 9.47 Å². The SMILES string of the molecule is CC[C@@H](C)Oc1ccc(C=Nn2c(-c3cc(C(C)C)c(OC)cc3C)nc3ccccc3c2=O)cc1I. The van der Waals surface area contributed by atoms with E-state index in [9.17, 15) is 4.79 Å². The van der Waals surface area contributed by atoms with E-state index >= 15 is 0 Å². The van der Waals surface area contributed by atoms with Crippen LogP contribution in [-0.2, 0) is 0 Å². The van der Waals surface area contributed by atoms with Gasteiger partial charge in [-0.2, -0.15) is 9.78 Å². The molecule has 0 spiro atoms. The zero-order valence-electron chi connectivity index (χ0n) is 22.1. The Kier molecular flexibility index (Phi) is 8.32. The first kappa shape index (κ1) is 26.9. The van der Waals surface area contributed by atoms with Gasteiger partial charge in [0.05, 0.1) is 33.9 Å². The molecular formula is C30H32IN3O3. The van der Waals surface area contributed by atoms with Crippen LogP contribution in [0.5, 0.6) is 11.5 Å². The highest BCUT2D eigenvalue weighted by Gasteiger charge is 2.18. The molecular weight excluding hydrogens is 577 g/mol. The Labute approximate surface area is 231 Å². The topological polar surface area (TPSA) is 65.7 Å². The van der Waals surface area contributed by atoms with E-state index in [2.05, 4.69) is 61.5 Å². The largest absolute Gasteiger partial charge is 0.496 e. The van der Waals surface area contributed by atoms with Crippen molar-refractivity contribution in [1.82, 2.24) is 9.66 Å². The monoisotopic (exact) mass is 609 g/mol. The highest BCUT2D eigenvalue weighted by molar-refractivity contribution is 14.1.